The topological polar surface area (TPSA) is 60.7 Å². The van der Waals surface area contributed by atoms with Crippen LogP contribution in [-0.2, 0) is 10.0 Å². The number of sulfonamides is 1. The third kappa shape index (κ3) is 3.04. The van der Waals surface area contributed by atoms with Gasteiger partial charge in [-0.2, -0.15) is 17.2 Å². The third-order valence-corrected chi connectivity index (χ3v) is 5.72. The maximum absolute atomic E-state index is 13.4. The summed E-state index contributed by atoms with van der Waals surface area (Å²) in [5, 5.41) is 0. The van der Waals surface area contributed by atoms with Gasteiger partial charge in [-0.05, 0) is 36.4 Å². The molecule has 0 radical (unpaired) electrons. The molecule has 24 heavy (non-hydrogen) atoms. The Morgan fingerprint density at radius 3 is 2.42 bits per heavy atom. The number of alkyl halides is 2. The SMILES string of the molecule is COc1ccc(S(=O)(=O)/N=c2\sc3ccccc3n2C(F)F)cc1. The van der Waals surface area contributed by atoms with Crippen LogP contribution in [-0.4, -0.2) is 20.1 Å². The smallest absolute Gasteiger partial charge is 0.321 e. The van der Waals surface area contributed by atoms with E-state index in [-0.39, 0.29) is 15.2 Å². The zero-order valence-electron chi connectivity index (χ0n) is 12.4. The number of hydrogen-bond acceptors (Lipinski definition) is 4. The molecule has 1 aromatic heterocycles. The summed E-state index contributed by atoms with van der Waals surface area (Å²) in [6, 6.07) is 12.0. The molecule has 0 saturated carbocycles. The van der Waals surface area contributed by atoms with Crippen LogP contribution in [0, 0.1) is 0 Å². The van der Waals surface area contributed by atoms with Gasteiger partial charge >= 0.3 is 6.55 Å². The quantitative estimate of drug-likeness (QED) is 0.707. The van der Waals surface area contributed by atoms with E-state index in [1.54, 1.807) is 18.2 Å². The zero-order chi connectivity index (χ0) is 17.3. The zero-order valence-corrected chi connectivity index (χ0v) is 14.0. The molecule has 1 heterocycles. The highest BCUT2D eigenvalue weighted by atomic mass is 32.2. The largest absolute Gasteiger partial charge is 0.497 e. The van der Waals surface area contributed by atoms with Crippen molar-refractivity contribution >= 4 is 31.6 Å². The average Bonchev–Trinajstić information content (AvgIpc) is 2.92. The standard InChI is InChI=1S/C15H12F2N2O3S2/c1-22-10-6-8-11(9-7-10)24(20,21)18-15-19(14(16)17)12-4-2-3-5-13(12)23-15/h2-9,14H,1H3/b18-15-. The number of thiazole rings is 1. The number of methoxy groups -OCH3 is 1. The van der Waals surface area contributed by atoms with E-state index < -0.39 is 16.6 Å². The Morgan fingerprint density at radius 2 is 1.79 bits per heavy atom. The summed E-state index contributed by atoms with van der Waals surface area (Å²) in [5.74, 6) is 0.485. The average molecular weight is 370 g/mol. The number of aromatic nitrogens is 1. The van der Waals surface area contributed by atoms with Crippen LogP contribution in [0.1, 0.15) is 6.55 Å². The van der Waals surface area contributed by atoms with Gasteiger partial charge in [0.15, 0.2) is 0 Å². The Hall–Kier alpha value is -2.26. The van der Waals surface area contributed by atoms with E-state index in [9.17, 15) is 17.2 Å². The highest BCUT2D eigenvalue weighted by Crippen LogP contribution is 2.23. The molecule has 3 aromatic rings. The second-order valence-electron chi connectivity index (χ2n) is 4.74. The molecule has 0 aliphatic heterocycles. The Morgan fingerprint density at radius 1 is 1.12 bits per heavy atom. The van der Waals surface area contributed by atoms with Crippen molar-refractivity contribution in [3.05, 3.63) is 53.3 Å². The monoisotopic (exact) mass is 370 g/mol. The number of nitrogens with zero attached hydrogens (tertiary/aromatic N) is 2. The highest BCUT2D eigenvalue weighted by Gasteiger charge is 2.18. The Labute approximate surface area is 140 Å². The van der Waals surface area contributed by atoms with Crippen LogP contribution in [0.15, 0.2) is 57.8 Å². The number of halogens is 2. The molecule has 126 valence electrons. The van der Waals surface area contributed by atoms with Crippen molar-refractivity contribution in [3.63, 3.8) is 0 Å². The molecular weight excluding hydrogens is 358 g/mol. The van der Waals surface area contributed by atoms with Crippen LogP contribution in [0.2, 0.25) is 0 Å². The maximum atomic E-state index is 13.4. The summed E-state index contributed by atoms with van der Waals surface area (Å²) in [6.07, 6.45) is 0. The van der Waals surface area contributed by atoms with Gasteiger partial charge in [-0.15, -0.1) is 4.40 Å². The van der Waals surface area contributed by atoms with Crippen molar-refractivity contribution in [2.45, 2.75) is 11.4 Å². The summed E-state index contributed by atoms with van der Waals surface area (Å²) in [4.78, 5) is -0.372. The van der Waals surface area contributed by atoms with Gasteiger partial charge < -0.3 is 4.74 Å². The van der Waals surface area contributed by atoms with E-state index in [0.29, 0.717) is 15.0 Å². The van der Waals surface area contributed by atoms with E-state index in [4.69, 9.17) is 4.74 Å². The van der Waals surface area contributed by atoms with Gasteiger partial charge in [-0.3, -0.25) is 4.57 Å². The number of para-hydroxylation sites is 1. The molecule has 3 rings (SSSR count). The van der Waals surface area contributed by atoms with Gasteiger partial charge in [0.2, 0.25) is 4.80 Å². The first-order chi connectivity index (χ1) is 11.4. The maximum Gasteiger partial charge on any atom is 0.321 e. The van der Waals surface area contributed by atoms with E-state index in [2.05, 4.69) is 4.40 Å². The molecule has 9 heteroatoms. The fourth-order valence-electron chi connectivity index (χ4n) is 2.15. The van der Waals surface area contributed by atoms with Crippen LogP contribution in [0.3, 0.4) is 0 Å². The van der Waals surface area contributed by atoms with Crippen molar-refractivity contribution in [3.8, 4) is 5.75 Å². The van der Waals surface area contributed by atoms with Gasteiger partial charge in [0, 0.05) is 0 Å². The summed E-state index contributed by atoms with van der Waals surface area (Å²) in [6.45, 7) is -2.90. The van der Waals surface area contributed by atoms with Crippen molar-refractivity contribution in [2.75, 3.05) is 7.11 Å². The summed E-state index contributed by atoms with van der Waals surface area (Å²) in [7, 11) is -2.66. The van der Waals surface area contributed by atoms with Crippen molar-refractivity contribution in [1.82, 2.24) is 4.57 Å². The van der Waals surface area contributed by atoms with Crippen LogP contribution < -0.4 is 9.54 Å². The van der Waals surface area contributed by atoms with Gasteiger partial charge in [-0.25, -0.2) is 0 Å². The molecule has 2 aromatic carbocycles. The number of benzene rings is 2. The minimum Gasteiger partial charge on any atom is -0.497 e. The van der Waals surface area contributed by atoms with Crippen LogP contribution in [0.4, 0.5) is 8.78 Å². The van der Waals surface area contributed by atoms with E-state index >= 15 is 0 Å². The van der Waals surface area contributed by atoms with Crippen molar-refractivity contribution < 1.29 is 21.9 Å². The predicted octanol–water partition coefficient (Wildman–Crippen LogP) is 3.40. The first-order valence-corrected chi connectivity index (χ1v) is 9.01. The van der Waals surface area contributed by atoms with Gasteiger partial charge in [0.05, 0.1) is 22.2 Å². The number of rotatable bonds is 4. The first kappa shape index (κ1) is 16.6. The van der Waals surface area contributed by atoms with Crippen molar-refractivity contribution in [1.29, 1.82) is 0 Å². The second kappa shape index (κ2) is 6.33. The van der Waals surface area contributed by atoms with Gasteiger partial charge in [0.25, 0.3) is 10.0 Å². The third-order valence-electron chi connectivity index (χ3n) is 3.28. The van der Waals surface area contributed by atoms with Gasteiger partial charge in [0.1, 0.15) is 5.75 Å². The number of hydrogen-bond donors (Lipinski definition) is 0. The van der Waals surface area contributed by atoms with Crippen LogP contribution >= 0.6 is 11.3 Å². The molecule has 0 amide bonds. The molecule has 0 atom stereocenters. The summed E-state index contributed by atoms with van der Waals surface area (Å²) < 4.78 is 61.2. The summed E-state index contributed by atoms with van der Waals surface area (Å²) in [5.41, 5.74) is 0.237. The molecule has 5 nitrogen and oxygen atoms in total. The normalized spacial score (nSPS) is 12.9. The molecule has 0 aliphatic rings. The molecule has 0 aliphatic carbocycles. The van der Waals surface area contributed by atoms with Gasteiger partial charge in [-0.1, -0.05) is 23.5 Å². The lowest BCUT2D eigenvalue weighted by molar-refractivity contribution is 0.0723. The number of fused-ring (bicyclic) bond motifs is 1. The molecule has 0 spiro atoms. The highest BCUT2D eigenvalue weighted by molar-refractivity contribution is 7.90. The lowest BCUT2D eigenvalue weighted by Gasteiger charge is -2.03. The molecule has 0 unspecified atom stereocenters. The number of ether oxygens (including phenoxy) is 1. The molecule has 0 fully saturated rings. The summed E-state index contributed by atoms with van der Waals surface area (Å²) >= 11 is 0.894. The fraction of sp³-hybridized carbons (Fsp3) is 0.133. The van der Waals surface area contributed by atoms with Crippen LogP contribution in [0.5, 0.6) is 5.75 Å². The fourth-order valence-corrected chi connectivity index (χ4v) is 4.36. The first-order valence-electron chi connectivity index (χ1n) is 6.75. The lowest BCUT2D eigenvalue weighted by atomic mass is 10.3. The van der Waals surface area contributed by atoms with E-state index in [0.717, 1.165) is 11.3 Å². The van der Waals surface area contributed by atoms with E-state index in [1.807, 2.05) is 0 Å². The lowest BCUT2D eigenvalue weighted by Crippen LogP contribution is -2.17. The minimum atomic E-state index is -4.12. The second-order valence-corrected chi connectivity index (χ2v) is 7.36. The Kier molecular flexibility index (Phi) is 4.37. The molecule has 0 N–H and O–H groups in total. The van der Waals surface area contributed by atoms with Crippen LogP contribution in [0.25, 0.3) is 10.2 Å². The Bertz CT molecular complexity index is 1040. The Balaban J connectivity index is 2.19. The minimum absolute atomic E-state index is 0.0958. The molecule has 0 bridgehead atoms. The molecular formula is C15H12F2N2O3S2. The molecule has 0 saturated heterocycles. The van der Waals surface area contributed by atoms with Crippen molar-refractivity contribution in [2.24, 2.45) is 4.40 Å². The predicted molar refractivity (Wildman–Crippen MR) is 86.8 cm³/mol. The van der Waals surface area contributed by atoms with E-state index in [1.165, 1.54) is 37.4 Å².